The number of amides is 1. The van der Waals surface area contributed by atoms with Gasteiger partial charge in [-0.05, 0) is 67.8 Å². The number of amidine groups is 1. The van der Waals surface area contributed by atoms with Crippen molar-refractivity contribution in [1.82, 2.24) is 14.5 Å². The number of aromatic nitrogens is 3. The molecule has 2 N–H and O–H groups in total. The predicted octanol–water partition coefficient (Wildman–Crippen LogP) is 5.58. The molecule has 0 radical (unpaired) electrons. The Kier molecular flexibility index (Phi) is 9.02. The first-order valence-electron chi connectivity index (χ1n) is 11.9. The molecule has 1 aliphatic rings. The van der Waals surface area contributed by atoms with Gasteiger partial charge in [0, 0.05) is 32.5 Å². The van der Waals surface area contributed by atoms with Gasteiger partial charge in [-0.15, -0.1) is 0 Å². The van der Waals surface area contributed by atoms with Gasteiger partial charge >= 0.3 is 0 Å². The molecule has 3 heterocycles. The summed E-state index contributed by atoms with van der Waals surface area (Å²) in [5, 5.41) is 7.58. The molecular formula is C26H30ClN7OS. The maximum absolute atomic E-state index is 12.9. The third-order valence-corrected chi connectivity index (χ3v) is 7.18. The normalized spacial score (nSPS) is 13.1. The first-order valence-corrected chi connectivity index (χ1v) is 13.1. The van der Waals surface area contributed by atoms with E-state index in [1.165, 1.54) is 11.8 Å². The zero-order chi connectivity index (χ0) is 25.3. The summed E-state index contributed by atoms with van der Waals surface area (Å²) in [4.78, 5) is 28.8. The number of rotatable bonds is 10. The lowest BCUT2D eigenvalue weighted by Gasteiger charge is -2.23. The number of hydrogen-bond acceptors (Lipinski definition) is 7. The van der Waals surface area contributed by atoms with Crippen molar-refractivity contribution in [2.75, 3.05) is 35.7 Å². The molecule has 3 aromatic rings. The van der Waals surface area contributed by atoms with Crippen molar-refractivity contribution < 1.29 is 4.79 Å². The number of unbranched alkanes of at least 4 members (excludes halogenated alkanes) is 2. The lowest BCUT2D eigenvalue weighted by atomic mass is 10.2. The molecule has 0 aliphatic carbocycles. The standard InChI is InChI=1S/C26H30ClN7OS/c1-19-8-6-9-20(27)24(19)32-25(35)21-12-14-30-26(36-21)33(2)23-11-7-10-22(31-23)29-13-4-3-5-16-34-17-15-28-18-34/h6-12,15,17-18H,3-5,13-14,16H2,1-2H3,(H,29,31)(H,32,35). The van der Waals surface area contributed by atoms with Gasteiger partial charge in [0.1, 0.15) is 11.6 Å². The minimum Gasteiger partial charge on any atom is -0.370 e. The fraction of sp³-hybridized carbons (Fsp3) is 0.308. The van der Waals surface area contributed by atoms with Crippen molar-refractivity contribution in [2.45, 2.75) is 32.7 Å². The topological polar surface area (TPSA) is 87.4 Å². The summed E-state index contributed by atoms with van der Waals surface area (Å²) < 4.78 is 2.10. The molecule has 8 nitrogen and oxygen atoms in total. The molecule has 0 saturated heterocycles. The van der Waals surface area contributed by atoms with Gasteiger partial charge < -0.3 is 20.1 Å². The smallest absolute Gasteiger partial charge is 0.262 e. The summed E-state index contributed by atoms with van der Waals surface area (Å²) in [5.74, 6) is 1.38. The zero-order valence-corrected chi connectivity index (χ0v) is 22.0. The highest BCUT2D eigenvalue weighted by Crippen LogP contribution is 2.30. The van der Waals surface area contributed by atoms with Gasteiger partial charge in [-0.3, -0.25) is 9.79 Å². The lowest BCUT2D eigenvalue weighted by molar-refractivity contribution is -0.112. The van der Waals surface area contributed by atoms with Crippen LogP contribution in [0.4, 0.5) is 17.3 Å². The minimum absolute atomic E-state index is 0.201. The van der Waals surface area contributed by atoms with Crippen LogP contribution >= 0.6 is 23.4 Å². The number of carbonyl (C=O) groups is 1. The number of aliphatic imine (C=N–C) groups is 1. The van der Waals surface area contributed by atoms with E-state index in [1.807, 2.05) is 74.0 Å². The van der Waals surface area contributed by atoms with Crippen molar-refractivity contribution in [3.8, 4) is 0 Å². The largest absolute Gasteiger partial charge is 0.370 e. The van der Waals surface area contributed by atoms with Crippen LogP contribution in [0.5, 0.6) is 0 Å². The average Bonchev–Trinajstić information content (AvgIpc) is 3.42. The summed E-state index contributed by atoms with van der Waals surface area (Å²) in [5.41, 5.74) is 1.54. The van der Waals surface area contributed by atoms with Crippen LogP contribution in [0.25, 0.3) is 0 Å². The second-order valence-electron chi connectivity index (χ2n) is 8.41. The van der Waals surface area contributed by atoms with Gasteiger partial charge in [-0.25, -0.2) is 9.97 Å². The maximum Gasteiger partial charge on any atom is 0.262 e. The highest BCUT2D eigenvalue weighted by molar-refractivity contribution is 8.18. The van der Waals surface area contributed by atoms with Gasteiger partial charge in [0.25, 0.3) is 5.91 Å². The highest BCUT2D eigenvalue weighted by Gasteiger charge is 2.22. The molecule has 0 unspecified atom stereocenters. The number of pyridine rings is 1. The van der Waals surface area contributed by atoms with Crippen molar-refractivity contribution >= 4 is 51.8 Å². The van der Waals surface area contributed by atoms with Crippen LogP contribution in [0.2, 0.25) is 5.02 Å². The average molecular weight is 524 g/mol. The SMILES string of the molecule is Cc1cccc(Cl)c1NC(=O)C1=CCN=C(N(C)c2cccc(NCCCCCn3ccnc3)n2)S1. The van der Waals surface area contributed by atoms with E-state index in [-0.39, 0.29) is 5.91 Å². The number of nitrogens with zero attached hydrogens (tertiary/aromatic N) is 5. The van der Waals surface area contributed by atoms with Crippen LogP contribution in [0.1, 0.15) is 24.8 Å². The Hall–Kier alpha value is -3.30. The predicted molar refractivity (Wildman–Crippen MR) is 150 cm³/mol. The van der Waals surface area contributed by atoms with Gasteiger partial charge in [-0.2, -0.15) is 0 Å². The minimum atomic E-state index is -0.201. The molecule has 0 fully saturated rings. The molecule has 1 aliphatic heterocycles. The van der Waals surface area contributed by atoms with Crippen molar-refractivity contribution in [2.24, 2.45) is 4.99 Å². The summed E-state index contributed by atoms with van der Waals surface area (Å²) in [6.45, 7) is 4.19. The van der Waals surface area contributed by atoms with Crippen LogP contribution in [-0.2, 0) is 11.3 Å². The molecule has 0 spiro atoms. The summed E-state index contributed by atoms with van der Waals surface area (Å²) >= 11 is 7.60. The third-order valence-electron chi connectivity index (χ3n) is 5.71. The summed E-state index contributed by atoms with van der Waals surface area (Å²) in [6.07, 6.45) is 10.8. The van der Waals surface area contributed by atoms with E-state index in [2.05, 4.69) is 25.2 Å². The fourth-order valence-electron chi connectivity index (χ4n) is 3.70. The van der Waals surface area contributed by atoms with E-state index in [1.54, 1.807) is 6.07 Å². The van der Waals surface area contributed by atoms with Crippen LogP contribution in [0.3, 0.4) is 0 Å². The Morgan fingerprint density at radius 2 is 2.06 bits per heavy atom. The highest BCUT2D eigenvalue weighted by atomic mass is 35.5. The fourth-order valence-corrected chi connectivity index (χ4v) is 4.83. The van der Waals surface area contributed by atoms with Crippen molar-refractivity contribution in [3.05, 3.63) is 76.7 Å². The van der Waals surface area contributed by atoms with E-state index in [4.69, 9.17) is 16.6 Å². The summed E-state index contributed by atoms with van der Waals surface area (Å²) in [6, 6.07) is 11.4. The molecular weight excluding hydrogens is 494 g/mol. The van der Waals surface area contributed by atoms with Gasteiger partial charge in [0.2, 0.25) is 0 Å². The Bertz CT molecular complexity index is 1220. The molecule has 188 valence electrons. The molecule has 10 heteroatoms. The number of benzene rings is 1. The Labute approximate surface area is 220 Å². The Morgan fingerprint density at radius 3 is 2.86 bits per heavy atom. The monoisotopic (exact) mass is 523 g/mol. The number of aryl methyl sites for hydroxylation is 2. The van der Waals surface area contributed by atoms with Crippen molar-refractivity contribution in [1.29, 1.82) is 0 Å². The third kappa shape index (κ3) is 6.89. The summed E-state index contributed by atoms with van der Waals surface area (Å²) in [7, 11) is 1.91. The number of hydrogen-bond donors (Lipinski definition) is 2. The zero-order valence-electron chi connectivity index (χ0n) is 20.4. The van der Waals surface area contributed by atoms with E-state index in [9.17, 15) is 4.79 Å². The molecule has 0 atom stereocenters. The van der Waals surface area contributed by atoms with Gasteiger partial charge in [0.05, 0.1) is 28.5 Å². The molecule has 0 bridgehead atoms. The number of carbonyl (C=O) groups excluding carboxylic acids is 1. The van der Waals surface area contributed by atoms with E-state index < -0.39 is 0 Å². The molecule has 2 aromatic heterocycles. The van der Waals surface area contributed by atoms with E-state index >= 15 is 0 Å². The molecule has 1 amide bonds. The van der Waals surface area contributed by atoms with Crippen LogP contribution in [-0.4, -0.2) is 45.7 Å². The van der Waals surface area contributed by atoms with Gasteiger partial charge in [0.15, 0.2) is 5.17 Å². The molecule has 1 aromatic carbocycles. The first kappa shape index (κ1) is 25.8. The number of thioether (sulfide) groups is 1. The quantitative estimate of drug-likeness (QED) is 0.337. The number of imidazole rings is 1. The first-order chi connectivity index (χ1) is 17.5. The number of nitrogens with one attached hydrogen (secondary N) is 2. The van der Waals surface area contributed by atoms with Crippen LogP contribution in [0.15, 0.2) is 71.1 Å². The van der Waals surface area contributed by atoms with E-state index in [0.29, 0.717) is 27.3 Å². The van der Waals surface area contributed by atoms with Gasteiger partial charge in [-0.1, -0.05) is 29.8 Å². The molecule has 36 heavy (non-hydrogen) atoms. The second kappa shape index (κ2) is 12.6. The Morgan fingerprint density at radius 1 is 1.19 bits per heavy atom. The maximum atomic E-state index is 12.9. The van der Waals surface area contributed by atoms with E-state index in [0.717, 1.165) is 49.6 Å². The van der Waals surface area contributed by atoms with Crippen LogP contribution in [0, 0.1) is 6.92 Å². The second-order valence-corrected chi connectivity index (χ2v) is 9.82. The Balaban J connectivity index is 1.28. The number of para-hydroxylation sites is 1. The molecule has 0 saturated carbocycles. The van der Waals surface area contributed by atoms with Crippen LogP contribution < -0.4 is 15.5 Å². The lowest BCUT2D eigenvalue weighted by Crippen LogP contribution is -2.28. The number of halogens is 1. The molecule has 4 rings (SSSR count). The van der Waals surface area contributed by atoms with Crippen molar-refractivity contribution in [3.63, 3.8) is 0 Å². The number of anilines is 3.